The third-order valence-corrected chi connectivity index (χ3v) is 4.74. The highest BCUT2D eigenvalue weighted by Crippen LogP contribution is 2.25. The van der Waals surface area contributed by atoms with E-state index in [2.05, 4.69) is 31.2 Å². The Morgan fingerprint density at radius 2 is 1.85 bits per heavy atom. The van der Waals surface area contributed by atoms with Crippen LogP contribution in [0.3, 0.4) is 0 Å². The maximum atomic E-state index is 12.6. The van der Waals surface area contributed by atoms with Crippen molar-refractivity contribution in [2.24, 2.45) is 7.05 Å². The second kappa shape index (κ2) is 6.48. The SMILES string of the molecule is Cn1nc(C(=O)O)c2c1CN(C(=O)Nc1ccc(C(C)(C)C)cc1)CC2. The maximum Gasteiger partial charge on any atom is 0.356 e. The quantitative estimate of drug-likeness (QED) is 0.866. The highest BCUT2D eigenvalue weighted by molar-refractivity contribution is 5.90. The summed E-state index contributed by atoms with van der Waals surface area (Å²) in [7, 11) is 1.71. The maximum absolute atomic E-state index is 12.6. The van der Waals surface area contributed by atoms with E-state index >= 15 is 0 Å². The molecule has 0 aliphatic carbocycles. The highest BCUT2D eigenvalue weighted by Gasteiger charge is 2.29. The van der Waals surface area contributed by atoms with Gasteiger partial charge in [-0.05, 0) is 29.5 Å². The summed E-state index contributed by atoms with van der Waals surface area (Å²) in [6.45, 7) is 7.24. The Balaban J connectivity index is 1.71. The number of fused-ring (bicyclic) bond motifs is 1. The minimum Gasteiger partial charge on any atom is -0.476 e. The summed E-state index contributed by atoms with van der Waals surface area (Å²) in [6.07, 6.45) is 0.487. The lowest BCUT2D eigenvalue weighted by Gasteiger charge is -2.27. The van der Waals surface area contributed by atoms with E-state index in [1.54, 1.807) is 16.6 Å². The lowest BCUT2D eigenvalue weighted by Crippen LogP contribution is -2.39. The predicted octanol–water partition coefficient (Wildman–Crippen LogP) is 3.01. The number of aromatic carboxylic acids is 1. The molecule has 1 aromatic carbocycles. The molecule has 7 heteroatoms. The van der Waals surface area contributed by atoms with Crippen LogP contribution in [0.1, 0.15) is 48.1 Å². The van der Waals surface area contributed by atoms with Crippen LogP contribution in [0.15, 0.2) is 24.3 Å². The molecule has 0 saturated carbocycles. The van der Waals surface area contributed by atoms with Crippen LogP contribution >= 0.6 is 0 Å². The lowest BCUT2D eigenvalue weighted by atomic mass is 9.87. The van der Waals surface area contributed by atoms with Gasteiger partial charge in [-0.15, -0.1) is 0 Å². The van der Waals surface area contributed by atoms with Crippen molar-refractivity contribution in [3.05, 3.63) is 46.8 Å². The van der Waals surface area contributed by atoms with Gasteiger partial charge in [0.15, 0.2) is 5.69 Å². The van der Waals surface area contributed by atoms with Crippen LogP contribution in [0.4, 0.5) is 10.5 Å². The molecule has 138 valence electrons. The van der Waals surface area contributed by atoms with Gasteiger partial charge < -0.3 is 15.3 Å². The summed E-state index contributed by atoms with van der Waals surface area (Å²) in [5.41, 5.74) is 3.58. The number of hydrogen-bond acceptors (Lipinski definition) is 3. The number of carboxylic acids is 1. The summed E-state index contributed by atoms with van der Waals surface area (Å²) >= 11 is 0. The number of rotatable bonds is 2. The van der Waals surface area contributed by atoms with E-state index in [0.29, 0.717) is 19.5 Å². The zero-order valence-corrected chi connectivity index (χ0v) is 15.5. The van der Waals surface area contributed by atoms with Gasteiger partial charge in [0, 0.05) is 24.8 Å². The molecule has 0 bridgehead atoms. The van der Waals surface area contributed by atoms with Gasteiger partial charge in [0.1, 0.15) is 0 Å². The number of aromatic nitrogens is 2. The van der Waals surface area contributed by atoms with Gasteiger partial charge in [-0.2, -0.15) is 5.10 Å². The van der Waals surface area contributed by atoms with E-state index in [1.807, 2.05) is 24.3 Å². The fraction of sp³-hybridized carbons (Fsp3) is 0.421. The molecule has 1 aliphatic heterocycles. The molecule has 26 heavy (non-hydrogen) atoms. The molecular formula is C19H24N4O3. The van der Waals surface area contributed by atoms with Crippen LogP contribution in [0.25, 0.3) is 0 Å². The molecule has 0 fully saturated rings. The van der Waals surface area contributed by atoms with E-state index < -0.39 is 5.97 Å². The Hall–Kier alpha value is -2.83. The van der Waals surface area contributed by atoms with Crippen molar-refractivity contribution in [3.8, 4) is 0 Å². The minimum absolute atomic E-state index is 0.0627. The second-order valence-corrected chi connectivity index (χ2v) is 7.63. The zero-order chi connectivity index (χ0) is 19.1. The Labute approximate surface area is 152 Å². The van der Waals surface area contributed by atoms with Crippen LogP contribution in [0, 0.1) is 0 Å². The largest absolute Gasteiger partial charge is 0.476 e. The molecule has 0 radical (unpaired) electrons. The van der Waals surface area contributed by atoms with Crippen molar-refractivity contribution >= 4 is 17.7 Å². The first-order valence-corrected chi connectivity index (χ1v) is 8.61. The van der Waals surface area contributed by atoms with Gasteiger partial charge in [-0.3, -0.25) is 4.68 Å². The smallest absolute Gasteiger partial charge is 0.356 e. The molecule has 7 nitrogen and oxygen atoms in total. The minimum atomic E-state index is -1.03. The van der Waals surface area contributed by atoms with Crippen LogP contribution in [-0.4, -0.2) is 38.3 Å². The number of nitrogens with one attached hydrogen (secondary N) is 1. The monoisotopic (exact) mass is 356 g/mol. The van der Waals surface area contributed by atoms with Crippen molar-refractivity contribution in [1.82, 2.24) is 14.7 Å². The average molecular weight is 356 g/mol. The number of benzene rings is 1. The second-order valence-electron chi connectivity index (χ2n) is 7.63. The number of carboxylic acid groups (broad SMARTS) is 1. The Morgan fingerprint density at radius 1 is 1.19 bits per heavy atom. The van der Waals surface area contributed by atoms with Gasteiger partial charge in [0.2, 0.25) is 0 Å². The molecule has 3 rings (SSSR count). The number of carbonyl (C=O) groups is 2. The van der Waals surface area contributed by atoms with Crippen LogP contribution < -0.4 is 5.32 Å². The lowest BCUT2D eigenvalue weighted by molar-refractivity contribution is 0.0688. The van der Waals surface area contributed by atoms with Crippen molar-refractivity contribution in [2.45, 2.75) is 39.2 Å². The molecule has 2 N–H and O–H groups in total. The Kier molecular flexibility index (Phi) is 4.48. The molecule has 1 aromatic heterocycles. The van der Waals surface area contributed by atoms with E-state index in [0.717, 1.165) is 16.9 Å². The van der Waals surface area contributed by atoms with Gasteiger partial charge in [0.05, 0.1) is 12.2 Å². The molecule has 0 saturated heterocycles. The number of hydrogen-bond donors (Lipinski definition) is 2. The number of aryl methyl sites for hydroxylation is 1. The fourth-order valence-corrected chi connectivity index (χ4v) is 3.17. The fourth-order valence-electron chi connectivity index (χ4n) is 3.17. The number of anilines is 1. The van der Waals surface area contributed by atoms with Crippen LogP contribution in [0.5, 0.6) is 0 Å². The summed E-state index contributed by atoms with van der Waals surface area (Å²) in [6, 6.07) is 7.65. The number of nitrogens with zero attached hydrogens (tertiary/aromatic N) is 3. The Morgan fingerprint density at radius 3 is 2.42 bits per heavy atom. The normalized spacial score (nSPS) is 14.1. The average Bonchev–Trinajstić information content (AvgIpc) is 2.91. The van der Waals surface area contributed by atoms with Gasteiger partial charge in [-0.25, -0.2) is 9.59 Å². The topological polar surface area (TPSA) is 87.5 Å². The molecule has 0 atom stereocenters. The van der Waals surface area contributed by atoms with Gasteiger partial charge in [-0.1, -0.05) is 32.9 Å². The molecule has 0 spiro atoms. The third kappa shape index (κ3) is 3.42. The molecule has 2 heterocycles. The van der Waals surface area contributed by atoms with Crippen molar-refractivity contribution in [2.75, 3.05) is 11.9 Å². The number of amides is 2. The molecule has 0 unspecified atom stereocenters. The van der Waals surface area contributed by atoms with Crippen LogP contribution in [-0.2, 0) is 25.4 Å². The van der Waals surface area contributed by atoms with Crippen molar-refractivity contribution in [3.63, 3.8) is 0 Å². The highest BCUT2D eigenvalue weighted by atomic mass is 16.4. The summed E-state index contributed by atoms with van der Waals surface area (Å²) in [4.78, 5) is 25.5. The van der Waals surface area contributed by atoms with E-state index in [1.165, 1.54) is 5.56 Å². The molecular weight excluding hydrogens is 332 g/mol. The van der Waals surface area contributed by atoms with E-state index in [9.17, 15) is 14.7 Å². The van der Waals surface area contributed by atoms with Crippen molar-refractivity contribution < 1.29 is 14.7 Å². The standard InChI is InChI=1S/C19H24N4O3/c1-19(2,3)12-5-7-13(8-6-12)20-18(26)23-10-9-14-15(11-23)22(4)21-16(14)17(24)25/h5-8H,9-11H2,1-4H3,(H,20,26)(H,24,25). The molecule has 1 aliphatic rings. The van der Waals surface area contributed by atoms with Gasteiger partial charge >= 0.3 is 12.0 Å². The summed E-state index contributed by atoms with van der Waals surface area (Å²) < 4.78 is 1.55. The number of carbonyl (C=O) groups excluding carboxylic acids is 1. The predicted molar refractivity (Wildman–Crippen MR) is 98.4 cm³/mol. The zero-order valence-electron chi connectivity index (χ0n) is 15.5. The number of urea groups is 1. The first-order valence-electron chi connectivity index (χ1n) is 8.61. The molecule has 2 amide bonds. The van der Waals surface area contributed by atoms with E-state index in [-0.39, 0.29) is 17.1 Å². The van der Waals surface area contributed by atoms with Gasteiger partial charge in [0.25, 0.3) is 0 Å². The summed E-state index contributed by atoms with van der Waals surface area (Å²) in [5, 5.41) is 16.2. The first kappa shape index (κ1) is 18.0. The summed E-state index contributed by atoms with van der Waals surface area (Å²) in [5.74, 6) is -1.03. The molecule has 2 aromatic rings. The van der Waals surface area contributed by atoms with Crippen molar-refractivity contribution in [1.29, 1.82) is 0 Å². The van der Waals surface area contributed by atoms with Crippen LogP contribution in [0.2, 0.25) is 0 Å². The van der Waals surface area contributed by atoms with E-state index in [4.69, 9.17) is 0 Å². The third-order valence-electron chi connectivity index (χ3n) is 4.74. The Bertz CT molecular complexity index is 847. The first-order chi connectivity index (χ1) is 12.2.